The van der Waals surface area contributed by atoms with E-state index in [1.165, 1.54) is 12.1 Å². The Kier molecular flexibility index (Phi) is 3.60. The Hall–Kier alpha value is -1.91. The van der Waals surface area contributed by atoms with Crippen molar-refractivity contribution in [3.8, 4) is 0 Å². The summed E-state index contributed by atoms with van der Waals surface area (Å²) in [6, 6.07) is 4.49. The number of carbonyl (C=O) groups excluding carboxylic acids is 1. The second-order valence-electron chi connectivity index (χ2n) is 4.63. The second kappa shape index (κ2) is 5.16. The summed E-state index contributed by atoms with van der Waals surface area (Å²) >= 11 is 0. The van der Waals surface area contributed by atoms with Gasteiger partial charge in [-0.2, -0.15) is 0 Å². The minimum Gasteiger partial charge on any atom is -0.371 e. The molecule has 0 amide bonds. The van der Waals surface area contributed by atoms with E-state index in [9.17, 15) is 14.9 Å². The van der Waals surface area contributed by atoms with Crippen LogP contribution in [0.25, 0.3) is 0 Å². The third kappa shape index (κ3) is 2.34. The number of hydrogen-bond donors (Lipinski definition) is 0. The summed E-state index contributed by atoms with van der Waals surface area (Å²) in [7, 11) is 0. The first-order valence-electron chi connectivity index (χ1n) is 6.14. The Labute approximate surface area is 106 Å². The molecule has 1 saturated heterocycles. The molecular weight excluding hydrogens is 232 g/mol. The van der Waals surface area contributed by atoms with Gasteiger partial charge < -0.3 is 4.90 Å². The standard InChI is InChI=1S/C13H16N2O3/c1-2-10-5-6-14(8-10)13-4-3-12(15(17)18)7-11(13)9-16/h3-4,7,9-10H,2,5-6,8H2,1H3. The van der Waals surface area contributed by atoms with Crippen LogP contribution in [0.1, 0.15) is 30.1 Å². The zero-order valence-corrected chi connectivity index (χ0v) is 10.3. The van der Waals surface area contributed by atoms with Gasteiger partial charge in [0.05, 0.1) is 4.92 Å². The number of non-ortho nitro benzene ring substituents is 1. The van der Waals surface area contributed by atoms with Crippen LogP contribution < -0.4 is 4.90 Å². The largest absolute Gasteiger partial charge is 0.371 e. The summed E-state index contributed by atoms with van der Waals surface area (Å²) < 4.78 is 0. The van der Waals surface area contributed by atoms with Crippen molar-refractivity contribution in [2.75, 3.05) is 18.0 Å². The molecule has 0 aliphatic carbocycles. The topological polar surface area (TPSA) is 63.4 Å². The lowest BCUT2D eigenvalue weighted by Gasteiger charge is -2.20. The maximum Gasteiger partial charge on any atom is 0.270 e. The van der Waals surface area contributed by atoms with Gasteiger partial charge in [-0.1, -0.05) is 13.3 Å². The molecule has 96 valence electrons. The summed E-state index contributed by atoms with van der Waals surface area (Å²) in [5.41, 5.74) is 1.18. The number of benzene rings is 1. The molecule has 1 aliphatic heterocycles. The summed E-state index contributed by atoms with van der Waals surface area (Å²) in [5.74, 6) is 0.652. The molecule has 1 aromatic carbocycles. The van der Waals surface area contributed by atoms with Gasteiger partial charge in [0, 0.05) is 36.5 Å². The van der Waals surface area contributed by atoms with E-state index in [1.807, 2.05) is 0 Å². The van der Waals surface area contributed by atoms with Crippen LogP contribution in [0, 0.1) is 16.0 Å². The van der Waals surface area contributed by atoms with Crippen LogP contribution in [0.15, 0.2) is 18.2 Å². The number of nitrogens with zero attached hydrogens (tertiary/aromatic N) is 2. The smallest absolute Gasteiger partial charge is 0.270 e. The third-order valence-corrected chi connectivity index (χ3v) is 3.55. The Morgan fingerprint density at radius 1 is 1.56 bits per heavy atom. The quantitative estimate of drug-likeness (QED) is 0.467. The van der Waals surface area contributed by atoms with Gasteiger partial charge in [0.15, 0.2) is 6.29 Å². The summed E-state index contributed by atoms with van der Waals surface area (Å²) in [6.07, 6.45) is 2.94. The van der Waals surface area contributed by atoms with Crippen molar-refractivity contribution in [1.29, 1.82) is 0 Å². The van der Waals surface area contributed by atoms with Crippen molar-refractivity contribution in [3.63, 3.8) is 0 Å². The number of rotatable bonds is 4. The number of carbonyl (C=O) groups is 1. The van der Waals surface area contributed by atoms with Gasteiger partial charge in [-0.25, -0.2) is 0 Å². The van der Waals surface area contributed by atoms with Gasteiger partial charge in [0.2, 0.25) is 0 Å². The minimum atomic E-state index is -0.477. The van der Waals surface area contributed by atoms with Gasteiger partial charge >= 0.3 is 0 Å². The zero-order valence-electron chi connectivity index (χ0n) is 10.3. The second-order valence-corrected chi connectivity index (χ2v) is 4.63. The molecule has 5 heteroatoms. The molecule has 0 spiro atoms. The zero-order chi connectivity index (χ0) is 13.1. The first-order valence-corrected chi connectivity index (χ1v) is 6.14. The number of anilines is 1. The predicted octanol–water partition coefficient (Wildman–Crippen LogP) is 2.64. The first kappa shape index (κ1) is 12.5. The van der Waals surface area contributed by atoms with E-state index in [0.29, 0.717) is 17.8 Å². The molecule has 5 nitrogen and oxygen atoms in total. The van der Waals surface area contributed by atoms with Crippen molar-refractivity contribution < 1.29 is 9.72 Å². The normalized spacial score (nSPS) is 18.9. The molecule has 0 N–H and O–H groups in total. The SMILES string of the molecule is CCC1CCN(c2ccc([N+](=O)[O-])cc2C=O)C1. The molecule has 0 radical (unpaired) electrons. The fourth-order valence-corrected chi connectivity index (χ4v) is 2.42. The van der Waals surface area contributed by atoms with E-state index in [2.05, 4.69) is 11.8 Å². The van der Waals surface area contributed by atoms with Crippen molar-refractivity contribution in [1.82, 2.24) is 0 Å². The summed E-state index contributed by atoms with van der Waals surface area (Å²) in [6.45, 7) is 4.00. The molecule has 1 fully saturated rings. The van der Waals surface area contributed by atoms with Gasteiger partial charge in [-0.3, -0.25) is 14.9 Å². The predicted molar refractivity (Wildman–Crippen MR) is 69.1 cm³/mol. The Morgan fingerprint density at radius 2 is 2.33 bits per heavy atom. The summed E-state index contributed by atoms with van der Waals surface area (Å²) in [4.78, 5) is 23.4. The average molecular weight is 248 g/mol. The lowest BCUT2D eigenvalue weighted by molar-refractivity contribution is -0.384. The van der Waals surface area contributed by atoms with Gasteiger partial charge in [-0.15, -0.1) is 0 Å². The van der Waals surface area contributed by atoms with Crippen LogP contribution >= 0.6 is 0 Å². The fraction of sp³-hybridized carbons (Fsp3) is 0.462. The summed E-state index contributed by atoms with van der Waals surface area (Å²) in [5, 5.41) is 10.7. The van der Waals surface area contributed by atoms with E-state index in [1.54, 1.807) is 6.07 Å². The van der Waals surface area contributed by atoms with Gasteiger partial charge in [0.25, 0.3) is 5.69 Å². The molecule has 1 unspecified atom stereocenters. The van der Waals surface area contributed by atoms with Crippen molar-refractivity contribution in [2.24, 2.45) is 5.92 Å². The minimum absolute atomic E-state index is 0.0351. The highest BCUT2D eigenvalue weighted by Crippen LogP contribution is 2.29. The lowest BCUT2D eigenvalue weighted by atomic mass is 10.1. The third-order valence-electron chi connectivity index (χ3n) is 3.55. The maximum atomic E-state index is 11.1. The van der Waals surface area contributed by atoms with Crippen molar-refractivity contribution >= 4 is 17.7 Å². The number of hydrogen-bond acceptors (Lipinski definition) is 4. The number of nitro benzene ring substituents is 1. The Bertz CT molecular complexity index is 473. The van der Waals surface area contributed by atoms with E-state index >= 15 is 0 Å². The molecule has 0 bridgehead atoms. The van der Waals surface area contributed by atoms with Crippen LogP contribution in [0.4, 0.5) is 11.4 Å². The lowest BCUT2D eigenvalue weighted by Crippen LogP contribution is -2.20. The van der Waals surface area contributed by atoms with Crippen molar-refractivity contribution in [3.05, 3.63) is 33.9 Å². The highest BCUT2D eigenvalue weighted by atomic mass is 16.6. The van der Waals surface area contributed by atoms with E-state index in [4.69, 9.17) is 0 Å². The van der Waals surface area contributed by atoms with E-state index in [0.717, 1.165) is 31.6 Å². The van der Waals surface area contributed by atoms with Crippen LogP contribution in [0.3, 0.4) is 0 Å². The molecular formula is C13H16N2O3. The van der Waals surface area contributed by atoms with Crippen LogP contribution in [0.5, 0.6) is 0 Å². The molecule has 1 atom stereocenters. The molecule has 1 heterocycles. The van der Waals surface area contributed by atoms with Crippen LogP contribution in [-0.2, 0) is 0 Å². The van der Waals surface area contributed by atoms with Crippen LogP contribution in [0.2, 0.25) is 0 Å². The van der Waals surface area contributed by atoms with Crippen molar-refractivity contribution in [2.45, 2.75) is 19.8 Å². The first-order chi connectivity index (χ1) is 8.65. The molecule has 18 heavy (non-hydrogen) atoms. The monoisotopic (exact) mass is 248 g/mol. The maximum absolute atomic E-state index is 11.1. The number of nitro groups is 1. The van der Waals surface area contributed by atoms with Gasteiger partial charge in [0.1, 0.15) is 0 Å². The Balaban J connectivity index is 2.28. The highest BCUT2D eigenvalue weighted by molar-refractivity contribution is 5.86. The molecule has 2 rings (SSSR count). The number of aldehydes is 1. The van der Waals surface area contributed by atoms with Crippen LogP contribution in [-0.4, -0.2) is 24.3 Å². The fourth-order valence-electron chi connectivity index (χ4n) is 2.42. The average Bonchev–Trinajstić information content (AvgIpc) is 2.86. The van der Waals surface area contributed by atoms with E-state index < -0.39 is 4.92 Å². The molecule has 1 aromatic rings. The van der Waals surface area contributed by atoms with Gasteiger partial charge in [-0.05, 0) is 18.4 Å². The van der Waals surface area contributed by atoms with E-state index in [-0.39, 0.29) is 5.69 Å². The highest BCUT2D eigenvalue weighted by Gasteiger charge is 2.23. The molecule has 0 aromatic heterocycles. The molecule has 1 aliphatic rings. The Morgan fingerprint density at radius 3 is 2.89 bits per heavy atom. The molecule has 0 saturated carbocycles.